The second kappa shape index (κ2) is 9.10. The average Bonchev–Trinajstić information content (AvgIpc) is 2.69. The minimum Gasteiger partial charge on any atom is -0.352 e. The van der Waals surface area contributed by atoms with Gasteiger partial charge in [-0.1, -0.05) is 23.7 Å². The first-order chi connectivity index (χ1) is 13.5. The third kappa shape index (κ3) is 5.37. The molecule has 6 nitrogen and oxygen atoms in total. The highest BCUT2D eigenvalue weighted by Gasteiger charge is 2.07. The number of rotatable bonds is 7. The van der Waals surface area contributed by atoms with Crippen molar-refractivity contribution in [3.8, 4) is 0 Å². The number of Topliss-reactive ketones (excluding diaryl/α,β-unsaturated/α-hetero) is 1. The first-order valence-electron chi connectivity index (χ1n) is 8.74. The molecule has 0 fully saturated rings. The molecule has 0 aliphatic heterocycles. The average molecular weight is 395 g/mol. The van der Waals surface area contributed by atoms with Crippen molar-refractivity contribution < 1.29 is 9.59 Å². The number of ketones is 1. The van der Waals surface area contributed by atoms with Gasteiger partial charge in [-0.25, -0.2) is 9.97 Å². The molecule has 1 aromatic heterocycles. The summed E-state index contributed by atoms with van der Waals surface area (Å²) in [7, 11) is 0. The minimum atomic E-state index is -0.237. The summed E-state index contributed by atoms with van der Waals surface area (Å²) < 4.78 is 0. The third-order valence-electron chi connectivity index (χ3n) is 4.05. The van der Waals surface area contributed by atoms with Crippen molar-refractivity contribution >= 4 is 34.9 Å². The number of halogens is 1. The van der Waals surface area contributed by atoms with Gasteiger partial charge in [0, 0.05) is 35.2 Å². The summed E-state index contributed by atoms with van der Waals surface area (Å²) >= 11 is 5.95. The zero-order valence-electron chi connectivity index (χ0n) is 15.3. The monoisotopic (exact) mass is 394 g/mol. The lowest BCUT2D eigenvalue weighted by molar-refractivity contribution is 0.0952. The van der Waals surface area contributed by atoms with E-state index >= 15 is 0 Å². The Kier molecular flexibility index (Phi) is 6.34. The fourth-order valence-electron chi connectivity index (χ4n) is 2.54. The van der Waals surface area contributed by atoms with Gasteiger partial charge < -0.3 is 10.6 Å². The quantitative estimate of drug-likeness (QED) is 0.590. The number of nitrogens with zero attached hydrogens (tertiary/aromatic N) is 2. The molecule has 3 rings (SSSR count). The van der Waals surface area contributed by atoms with E-state index in [2.05, 4.69) is 20.6 Å². The smallest absolute Gasteiger partial charge is 0.254 e. The van der Waals surface area contributed by atoms with Crippen LogP contribution in [0, 0.1) is 0 Å². The number of aromatic nitrogens is 2. The lowest BCUT2D eigenvalue weighted by Gasteiger charge is -2.07. The molecule has 1 amide bonds. The Balaban J connectivity index is 1.53. The van der Waals surface area contributed by atoms with Gasteiger partial charge in [-0.3, -0.25) is 9.59 Å². The van der Waals surface area contributed by atoms with Gasteiger partial charge in [-0.15, -0.1) is 0 Å². The van der Waals surface area contributed by atoms with E-state index in [9.17, 15) is 9.59 Å². The maximum Gasteiger partial charge on any atom is 0.254 e. The highest BCUT2D eigenvalue weighted by molar-refractivity contribution is 6.30. The number of nitrogens with one attached hydrogen (secondary N) is 2. The third-order valence-corrected chi connectivity index (χ3v) is 4.28. The molecule has 142 valence electrons. The van der Waals surface area contributed by atoms with E-state index in [1.165, 1.54) is 19.3 Å². The number of hydrogen-bond acceptors (Lipinski definition) is 5. The molecule has 0 radical (unpaired) electrons. The van der Waals surface area contributed by atoms with E-state index in [1.54, 1.807) is 24.3 Å². The maximum atomic E-state index is 12.2. The molecule has 0 aliphatic carbocycles. The van der Waals surface area contributed by atoms with Crippen molar-refractivity contribution in [2.24, 2.45) is 0 Å². The number of carbonyl (C=O) groups excluding carboxylic acids is 2. The second-order valence-electron chi connectivity index (χ2n) is 6.19. The molecule has 1 heterocycles. The molecule has 2 aromatic carbocycles. The van der Waals surface area contributed by atoms with Crippen LogP contribution in [0.1, 0.15) is 33.2 Å². The molecular weight excluding hydrogens is 376 g/mol. The Hall–Kier alpha value is -3.25. The summed E-state index contributed by atoms with van der Waals surface area (Å²) in [6, 6.07) is 14.5. The van der Waals surface area contributed by atoms with E-state index in [-0.39, 0.29) is 11.7 Å². The summed E-state index contributed by atoms with van der Waals surface area (Å²) in [5.74, 6) is 0.138. The largest absolute Gasteiger partial charge is 0.352 e. The molecule has 0 bridgehead atoms. The zero-order valence-corrected chi connectivity index (χ0v) is 16.0. The number of amides is 1. The predicted octanol–water partition coefficient (Wildman–Crippen LogP) is 4.05. The molecular formula is C21H19ClN4O2. The van der Waals surface area contributed by atoms with Crippen LogP contribution in [-0.2, 0) is 6.42 Å². The lowest BCUT2D eigenvalue weighted by Crippen LogP contribution is -2.26. The molecule has 0 unspecified atom stereocenters. The van der Waals surface area contributed by atoms with Crippen LogP contribution < -0.4 is 10.6 Å². The molecule has 0 atom stereocenters. The SMILES string of the molecule is CC(=O)c1ccc(Nc2ncc(C(=O)NCCc3cccc(Cl)c3)cn2)cc1. The van der Waals surface area contributed by atoms with E-state index in [4.69, 9.17) is 11.6 Å². The number of carbonyl (C=O) groups is 2. The normalized spacial score (nSPS) is 10.4. The van der Waals surface area contributed by atoms with Crippen molar-refractivity contribution in [2.45, 2.75) is 13.3 Å². The van der Waals surface area contributed by atoms with Gasteiger partial charge in [0.25, 0.3) is 5.91 Å². The van der Waals surface area contributed by atoms with Gasteiger partial charge in [0.15, 0.2) is 5.78 Å². The summed E-state index contributed by atoms with van der Waals surface area (Å²) in [5, 5.41) is 6.54. The van der Waals surface area contributed by atoms with E-state index in [1.807, 2.05) is 24.3 Å². The van der Waals surface area contributed by atoms with Crippen LogP contribution in [0.5, 0.6) is 0 Å². The van der Waals surface area contributed by atoms with Gasteiger partial charge in [0.2, 0.25) is 5.95 Å². The Morgan fingerprint density at radius 2 is 1.71 bits per heavy atom. The van der Waals surface area contributed by atoms with Crippen LogP contribution in [0.15, 0.2) is 60.9 Å². The molecule has 0 spiro atoms. The Labute approximate surface area is 168 Å². The highest BCUT2D eigenvalue weighted by atomic mass is 35.5. The second-order valence-corrected chi connectivity index (χ2v) is 6.63. The van der Waals surface area contributed by atoms with E-state index in [0.29, 0.717) is 35.1 Å². The molecule has 0 saturated heterocycles. The summed E-state index contributed by atoms with van der Waals surface area (Å²) in [6.07, 6.45) is 3.62. The zero-order chi connectivity index (χ0) is 19.9. The van der Waals surface area contributed by atoms with Crippen molar-refractivity contribution in [3.63, 3.8) is 0 Å². The van der Waals surface area contributed by atoms with Crippen LogP contribution in [0.25, 0.3) is 0 Å². The highest BCUT2D eigenvalue weighted by Crippen LogP contribution is 2.14. The predicted molar refractivity (Wildman–Crippen MR) is 109 cm³/mol. The Morgan fingerprint density at radius 1 is 1.00 bits per heavy atom. The topological polar surface area (TPSA) is 84.0 Å². The van der Waals surface area contributed by atoms with Crippen LogP contribution >= 0.6 is 11.6 Å². The van der Waals surface area contributed by atoms with Crippen molar-refractivity contribution in [3.05, 3.63) is 82.6 Å². The van der Waals surface area contributed by atoms with Crippen LogP contribution in [0.4, 0.5) is 11.6 Å². The Bertz CT molecular complexity index is 972. The summed E-state index contributed by atoms with van der Waals surface area (Å²) in [4.78, 5) is 31.8. The minimum absolute atomic E-state index is 0.00790. The van der Waals surface area contributed by atoms with E-state index < -0.39 is 0 Å². The van der Waals surface area contributed by atoms with Crippen molar-refractivity contribution in [1.82, 2.24) is 15.3 Å². The molecule has 7 heteroatoms. The van der Waals surface area contributed by atoms with Gasteiger partial charge in [-0.05, 0) is 55.3 Å². The Morgan fingerprint density at radius 3 is 2.36 bits per heavy atom. The molecule has 28 heavy (non-hydrogen) atoms. The first-order valence-corrected chi connectivity index (χ1v) is 9.12. The maximum absolute atomic E-state index is 12.2. The lowest BCUT2D eigenvalue weighted by atomic mass is 10.1. The number of anilines is 2. The molecule has 0 aliphatic rings. The summed E-state index contributed by atoms with van der Waals surface area (Å²) in [5.41, 5.74) is 2.82. The van der Waals surface area contributed by atoms with Gasteiger partial charge in [0.1, 0.15) is 0 Å². The van der Waals surface area contributed by atoms with Gasteiger partial charge >= 0.3 is 0 Å². The molecule has 0 saturated carbocycles. The van der Waals surface area contributed by atoms with E-state index in [0.717, 1.165) is 11.3 Å². The van der Waals surface area contributed by atoms with Gasteiger partial charge in [0.05, 0.1) is 5.56 Å². The van der Waals surface area contributed by atoms with Crippen LogP contribution in [0.2, 0.25) is 5.02 Å². The summed E-state index contributed by atoms with van der Waals surface area (Å²) in [6.45, 7) is 2.01. The van der Waals surface area contributed by atoms with Crippen LogP contribution in [0.3, 0.4) is 0 Å². The van der Waals surface area contributed by atoms with Crippen molar-refractivity contribution in [1.29, 1.82) is 0 Å². The molecule has 3 aromatic rings. The number of hydrogen-bond donors (Lipinski definition) is 2. The fraction of sp³-hybridized carbons (Fsp3) is 0.143. The standard InChI is InChI=1S/C21H19ClN4O2/c1-14(27)16-5-7-19(8-6-16)26-21-24-12-17(13-25-21)20(28)23-10-9-15-3-2-4-18(22)11-15/h2-8,11-13H,9-10H2,1H3,(H,23,28)(H,24,25,26). The fourth-order valence-corrected chi connectivity index (χ4v) is 2.75. The van der Waals surface area contributed by atoms with Crippen molar-refractivity contribution in [2.75, 3.05) is 11.9 Å². The molecule has 2 N–H and O–H groups in total. The van der Waals surface area contributed by atoms with Gasteiger partial charge in [-0.2, -0.15) is 0 Å². The van der Waals surface area contributed by atoms with Crippen LogP contribution in [-0.4, -0.2) is 28.2 Å². The number of benzene rings is 2. The first kappa shape index (κ1) is 19.5.